The minimum atomic E-state index is -2.95. The first kappa shape index (κ1) is 10.5. The highest BCUT2D eigenvalue weighted by Crippen LogP contribution is 2.21. The van der Waals surface area contributed by atoms with Crippen LogP contribution in [0.5, 0.6) is 5.75 Å². The third-order valence-electron chi connectivity index (χ3n) is 2.72. The molecule has 1 N–H and O–H groups in total. The highest BCUT2D eigenvalue weighted by atomic mass is 32.2. The Morgan fingerprint density at radius 2 is 2.33 bits per heavy atom. The van der Waals surface area contributed by atoms with Crippen molar-refractivity contribution in [2.75, 3.05) is 5.75 Å². The smallest absolute Gasteiger partial charge is 0.154 e. The van der Waals surface area contributed by atoms with Crippen LogP contribution in [-0.2, 0) is 16.4 Å². The van der Waals surface area contributed by atoms with Crippen molar-refractivity contribution in [2.24, 2.45) is 0 Å². The maximum Gasteiger partial charge on any atom is 0.154 e. The molecule has 6 heteroatoms. The van der Waals surface area contributed by atoms with Crippen molar-refractivity contribution in [3.63, 3.8) is 0 Å². The molecule has 1 saturated heterocycles. The van der Waals surface area contributed by atoms with Gasteiger partial charge in [0.2, 0.25) is 0 Å². The largest absolute Gasteiger partial charge is 0.505 e. The molecule has 1 aliphatic heterocycles. The monoisotopic (exact) mass is 230 g/mol. The zero-order valence-electron chi connectivity index (χ0n) is 8.33. The Hall–Kier alpha value is -1.04. The van der Waals surface area contributed by atoms with Gasteiger partial charge in [-0.15, -0.1) is 0 Å². The van der Waals surface area contributed by atoms with Crippen LogP contribution in [0, 0.1) is 0 Å². The second kappa shape index (κ2) is 3.84. The fourth-order valence-electron chi connectivity index (χ4n) is 1.89. The standard InChI is InChI=1S/C9H14N2O3S/c12-8-5-10-11(6-8)7-9-3-1-2-4-15(9,13)14/h5-6,9,12H,1-4,7H2. The second-order valence-corrected chi connectivity index (χ2v) is 6.31. The Balaban J connectivity index is 2.11. The summed E-state index contributed by atoms with van der Waals surface area (Å²) in [7, 11) is -2.95. The van der Waals surface area contributed by atoms with Crippen LogP contribution in [0.15, 0.2) is 12.4 Å². The molecule has 1 atom stereocenters. The molecule has 0 amide bonds. The van der Waals surface area contributed by atoms with E-state index in [0.717, 1.165) is 12.8 Å². The molecule has 0 saturated carbocycles. The van der Waals surface area contributed by atoms with Crippen LogP contribution in [-0.4, -0.2) is 34.3 Å². The van der Waals surface area contributed by atoms with Crippen LogP contribution < -0.4 is 0 Å². The van der Waals surface area contributed by atoms with Crippen molar-refractivity contribution in [1.29, 1.82) is 0 Å². The van der Waals surface area contributed by atoms with Crippen molar-refractivity contribution in [3.05, 3.63) is 12.4 Å². The summed E-state index contributed by atoms with van der Waals surface area (Å²) in [6.45, 7) is 0.350. The molecule has 0 aliphatic carbocycles. The normalized spacial score (nSPS) is 25.2. The van der Waals surface area contributed by atoms with Crippen molar-refractivity contribution in [3.8, 4) is 5.75 Å². The molecule has 0 spiro atoms. The van der Waals surface area contributed by atoms with Crippen LogP contribution in [0.25, 0.3) is 0 Å². The number of nitrogens with zero attached hydrogens (tertiary/aromatic N) is 2. The number of aromatic nitrogens is 2. The lowest BCUT2D eigenvalue weighted by Crippen LogP contribution is -2.32. The summed E-state index contributed by atoms with van der Waals surface area (Å²) in [6.07, 6.45) is 5.18. The van der Waals surface area contributed by atoms with Crippen molar-refractivity contribution in [2.45, 2.75) is 31.1 Å². The Morgan fingerprint density at radius 3 is 2.93 bits per heavy atom. The molecule has 15 heavy (non-hydrogen) atoms. The Morgan fingerprint density at radius 1 is 1.53 bits per heavy atom. The lowest BCUT2D eigenvalue weighted by Gasteiger charge is -2.21. The van der Waals surface area contributed by atoms with Crippen molar-refractivity contribution < 1.29 is 13.5 Å². The summed E-state index contributed by atoms with van der Waals surface area (Å²) in [4.78, 5) is 0. The van der Waals surface area contributed by atoms with E-state index < -0.39 is 9.84 Å². The number of sulfone groups is 1. The molecule has 0 radical (unpaired) electrons. The van der Waals surface area contributed by atoms with Gasteiger partial charge in [-0.2, -0.15) is 5.10 Å². The van der Waals surface area contributed by atoms with Gasteiger partial charge in [-0.05, 0) is 12.8 Å². The van der Waals surface area contributed by atoms with Gasteiger partial charge in [0.1, 0.15) is 0 Å². The molecule has 84 valence electrons. The van der Waals surface area contributed by atoms with Gasteiger partial charge in [-0.3, -0.25) is 4.68 Å². The number of aromatic hydroxyl groups is 1. The lowest BCUT2D eigenvalue weighted by molar-refractivity contribution is 0.468. The number of hydrogen-bond acceptors (Lipinski definition) is 4. The summed E-state index contributed by atoms with van der Waals surface area (Å²) in [5.74, 6) is 0.355. The molecule has 0 aromatic carbocycles. The van der Waals surface area contributed by atoms with Crippen molar-refractivity contribution in [1.82, 2.24) is 9.78 Å². The van der Waals surface area contributed by atoms with Gasteiger partial charge in [0.25, 0.3) is 0 Å². The average molecular weight is 230 g/mol. The number of hydrogen-bond donors (Lipinski definition) is 1. The predicted octanol–water partition coefficient (Wildman–Crippen LogP) is 0.556. The SMILES string of the molecule is O=S1(=O)CCCCC1Cn1cc(O)cn1. The predicted molar refractivity (Wildman–Crippen MR) is 55.3 cm³/mol. The highest BCUT2D eigenvalue weighted by Gasteiger charge is 2.29. The lowest BCUT2D eigenvalue weighted by atomic mass is 10.2. The molecular weight excluding hydrogens is 216 g/mol. The van der Waals surface area contributed by atoms with Crippen LogP contribution in [0.3, 0.4) is 0 Å². The van der Waals surface area contributed by atoms with E-state index in [1.165, 1.54) is 17.1 Å². The minimum Gasteiger partial charge on any atom is -0.505 e. The first-order chi connectivity index (χ1) is 7.08. The van der Waals surface area contributed by atoms with E-state index >= 15 is 0 Å². The van der Waals surface area contributed by atoms with Crippen LogP contribution in [0.1, 0.15) is 19.3 Å². The van der Waals surface area contributed by atoms with Crippen LogP contribution in [0.2, 0.25) is 0 Å². The zero-order valence-corrected chi connectivity index (χ0v) is 9.15. The fourth-order valence-corrected chi connectivity index (χ4v) is 3.73. The molecule has 1 aromatic heterocycles. The topological polar surface area (TPSA) is 72.2 Å². The Bertz CT molecular complexity index is 438. The summed E-state index contributed by atoms with van der Waals surface area (Å²) < 4.78 is 24.9. The van der Waals surface area contributed by atoms with E-state index in [4.69, 9.17) is 5.11 Å². The molecule has 1 fully saturated rings. The summed E-state index contributed by atoms with van der Waals surface area (Å²) in [5.41, 5.74) is 0. The molecular formula is C9H14N2O3S. The van der Waals surface area contributed by atoms with Gasteiger partial charge in [-0.25, -0.2) is 8.42 Å². The maximum absolute atomic E-state index is 11.7. The van der Waals surface area contributed by atoms with Gasteiger partial charge in [0, 0.05) is 0 Å². The van der Waals surface area contributed by atoms with Gasteiger partial charge in [-0.1, -0.05) is 6.42 Å². The Kier molecular flexibility index (Phi) is 2.68. The third-order valence-corrected chi connectivity index (χ3v) is 4.98. The molecule has 1 aliphatic rings. The van der Waals surface area contributed by atoms with E-state index in [2.05, 4.69) is 5.10 Å². The first-order valence-corrected chi connectivity index (χ1v) is 6.72. The fraction of sp³-hybridized carbons (Fsp3) is 0.667. The van der Waals surface area contributed by atoms with Gasteiger partial charge >= 0.3 is 0 Å². The molecule has 0 bridgehead atoms. The third kappa shape index (κ3) is 2.31. The second-order valence-electron chi connectivity index (χ2n) is 3.91. The first-order valence-electron chi connectivity index (χ1n) is 5.01. The molecule has 2 heterocycles. The van der Waals surface area contributed by atoms with Gasteiger partial charge in [0.15, 0.2) is 15.6 Å². The maximum atomic E-state index is 11.7. The molecule has 2 rings (SSSR count). The highest BCUT2D eigenvalue weighted by molar-refractivity contribution is 7.92. The van der Waals surface area contributed by atoms with E-state index in [0.29, 0.717) is 13.0 Å². The van der Waals surface area contributed by atoms with E-state index in [9.17, 15) is 8.42 Å². The Labute approximate surface area is 88.6 Å². The van der Waals surface area contributed by atoms with E-state index in [-0.39, 0.29) is 16.8 Å². The van der Waals surface area contributed by atoms with Crippen molar-refractivity contribution >= 4 is 9.84 Å². The molecule has 5 nitrogen and oxygen atoms in total. The van der Waals surface area contributed by atoms with E-state index in [1.807, 2.05) is 0 Å². The quantitative estimate of drug-likeness (QED) is 0.805. The molecule has 1 unspecified atom stereocenters. The zero-order chi connectivity index (χ0) is 10.9. The summed E-state index contributed by atoms with van der Waals surface area (Å²) in [6, 6.07) is 0. The molecule has 1 aromatic rings. The number of rotatable bonds is 2. The van der Waals surface area contributed by atoms with Gasteiger partial charge < -0.3 is 5.11 Å². The summed E-state index contributed by atoms with van der Waals surface area (Å²) in [5, 5.41) is 12.6. The van der Waals surface area contributed by atoms with E-state index in [1.54, 1.807) is 0 Å². The average Bonchev–Trinajstić information content (AvgIpc) is 2.55. The van der Waals surface area contributed by atoms with Gasteiger partial charge in [0.05, 0.1) is 29.9 Å². The summed E-state index contributed by atoms with van der Waals surface area (Å²) >= 11 is 0. The van der Waals surface area contributed by atoms with Crippen LogP contribution >= 0.6 is 0 Å². The van der Waals surface area contributed by atoms with Crippen LogP contribution in [0.4, 0.5) is 0 Å². The minimum absolute atomic E-state index is 0.0724.